The maximum atomic E-state index is 5.91. The van der Waals surface area contributed by atoms with Gasteiger partial charge in [0, 0.05) is 26.7 Å². The van der Waals surface area contributed by atoms with E-state index in [0.29, 0.717) is 30.4 Å². The molecule has 0 radical (unpaired) electrons. The van der Waals surface area contributed by atoms with E-state index in [1.54, 1.807) is 28.4 Å². The SMILES string of the molecule is CN=C(NCCCOC(C)c1ccccc1)NCc1cc(OC)c(OC)c(OC)c1. The summed E-state index contributed by atoms with van der Waals surface area (Å²) in [5.41, 5.74) is 2.18. The molecule has 0 fully saturated rings. The molecule has 2 aromatic rings. The number of hydrogen-bond donors (Lipinski definition) is 2. The summed E-state index contributed by atoms with van der Waals surface area (Å²) in [7, 11) is 6.55. The number of benzene rings is 2. The van der Waals surface area contributed by atoms with Crippen molar-refractivity contribution in [3.63, 3.8) is 0 Å². The van der Waals surface area contributed by atoms with E-state index in [1.165, 1.54) is 5.56 Å². The molecule has 0 saturated heterocycles. The number of rotatable bonds is 11. The first-order valence-corrected chi connectivity index (χ1v) is 10.0. The van der Waals surface area contributed by atoms with Crippen molar-refractivity contribution in [1.82, 2.24) is 10.6 Å². The van der Waals surface area contributed by atoms with Crippen molar-refractivity contribution < 1.29 is 18.9 Å². The van der Waals surface area contributed by atoms with E-state index in [2.05, 4.69) is 34.7 Å². The first-order valence-electron chi connectivity index (χ1n) is 10.0. The lowest BCUT2D eigenvalue weighted by molar-refractivity contribution is 0.0646. The second-order valence-corrected chi connectivity index (χ2v) is 6.66. The van der Waals surface area contributed by atoms with Crippen LogP contribution in [0.3, 0.4) is 0 Å². The van der Waals surface area contributed by atoms with Gasteiger partial charge in [0.15, 0.2) is 17.5 Å². The van der Waals surface area contributed by atoms with Gasteiger partial charge in [-0.25, -0.2) is 0 Å². The largest absolute Gasteiger partial charge is 0.493 e. The Balaban J connectivity index is 1.77. The number of guanidine groups is 1. The molecule has 30 heavy (non-hydrogen) atoms. The number of methoxy groups -OCH3 is 3. The van der Waals surface area contributed by atoms with Crippen LogP contribution in [-0.2, 0) is 11.3 Å². The van der Waals surface area contributed by atoms with E-state index < -0.39 is 0 Å². The van der Waals surface area contributed by atoms with E-state index >= 15 is 0 Å². The molecular formula is C23H33N3O4. The lowest BCUT2D eigenvalue weighted by Gasteiger charge is -2.16. The van der Waals surface area contributed by atoms with Gasteiger partial charge in [-0.05, 0) is 36.6 Å². The minimum atomic E-state index is 0.0867. The Morgan fingerprint density at radius 1 is 0.967 bits per heavy atom. The third kappa shape index (κ3) is 6.84. The summed E-state index contributed by atoms with van der Waals surface area (Å²) in [6.07, 6.45) is 0.964. The summed E-state index contributed by atoms with van der Waals surface area (Å²) in [6, 6.07) is 14.1. The Bertz CT molecular complexity index is 771. The third-order valence-corrected chi connectivity index (χ3v) is 4.66. The molecule has 0 bridgehead atoms. The molecule has 0 heterocycles. The molecule has 0 aromatic heterocycles. The summed E-state index contributed by atoms with van der Waals surface area (Å²) in [5.74, 6) is 2.55. The maximum Gasteiger partial charge on any atom is 0.203 e. The van der Waals surface area contributed by atoms with Gasteiger partial charge >= 0.3 is 0 Å². The van der Waals surface area contributed by atoms with E-state index in [9.17, 15) is 0 Å². The fourth-order valence-corrected chi connectivity index (χ4v) is 3.00. The zero-order chi connectivity index (χ0) is 21.8. The Morgan fingerprint density at radius 3 is 2.20 bits per heavy atom. The van der Waals surface area contributed by atoms with E-state index in [1.807, 2.05) is 30.3 Å². The average Bonchev–Trinajstić information content (AvgIpc) is 2.80. The number of nitrogens with zero attached hydrogens (tertiary/aromatic N) is 1. The highest BCUT2D eigenvalue weighted by atomic mass is 16.5. The van der Waals surface area contributed by atoms with Crippen molar-refractivity contribution in [2.45, 2.75) is 26.0 Å². The van der Waals surface area contributed by atoms with Gasteiger partial charge in [-0.15, -0.1) is 0 Å². The van der Waals surface area contributed by atoms with Gasteiger partial charge in [0.1, 0.15) is 0 Å². The molecule has 7 heteroatoms. The minimum absolute atomic E-state index is 0.0867. The second-order valence-electron chi connectivity index (χ2n) is 6.66. The van der Waals surface area contributed by atoms with Crippen molar-refractivity contribution in [2.24, 2.45) is 4.99 Å². The summed E-state index contributed by atoms with van der Waals surface area (Å²) < 4.78 is 22.1. The topological polar surface area (TPSA) is 73.3 Å². The predicted octanol–water partition coefficient (Wildman–Crippen LogP) is 3.55. The summed E-state index contributed by atoms with van der Waals surface area (Å²) >= 11 is 0. The van der Waals surface area contributed by atoms with E-state index in [-0.39, 0.29) is 6.10 Å². The van der Waals surface area contributed by atoms with Gasteiger partial charge < -0.3 is 29.6 Å². The zero-order valence-corrected chi connectivity index (χ0v) is 18.5. The molecule has 0 amide bonds. The van der Waals surface area contributed by atoms with Gasteiger partial charge in [-0.3, -0.25) is 4.99 Å². The molecule has 1 atom stereocenters. The van der Waals surface area contributed by atoms with Crippen LogP contribution in [-0.4, -0.2) is 47.5 Å². The van der Waals surface area contributed by atoms with Crippen LogP contribution in [0.4, 0.5) is 0 Å². The molecule has 2 N–H and O–H groups in total. The maximum absolute atomic E-state index is 5.91. The molecule has 0 aliphatic rings. The summed E-state index contributed by atoms with van der Waals surface area (Å²) in [4.78, 5) is 4.27. The van der Waals surface area contributed by atoms with E-state index in [4.69, 9.17) is 18.9 Å². The molecule has 2 rings (SSSR count). The standard InChI is InChI=1S/C23H33N3O4/c1-17(19-10-7-6-8-11-19)30-13-9-12-25-23(24-2)26-16-18-14-20(27-3)22(29-5)21(15-18)28-4/h6-8,10-11,14-15,17H,9,12-13,16H2,1-5H3,(H2,24,25,26). The second kappa shape index (κ2) is 12.6. The highest BCUT2D eigenvalue weighted by Crippen LogP contribution is 2.38. The Hall–Kier alpha value is -2.93. The Labute approximate surface area is 179 Å². The highest BCUT2D eigenvalue weighted by molar-refractivity contribution is 5.79. The number of aliphatic imine (C=N–C) groups is 1. The molecule has 2 aromatic carbocycles. The van der Waals surface area contributed by atoms with Gasteiger partial charge in [-0.2, -0.15) is 0 Å². The van der Waals surface area contributed by atoms with Crippen LogP contribution in [0, 0.1) is 0 Å². The van der Waals surface area contributed by atoms with Crippen LogP contribution < -0.4 is 24.8 Å². The first kappa shape index (κ1) is 23.3. The molecule has 0 spiro atoms. The summed E-state index contributed by atoms with van der Waals surface area (Å²) in [5, 5.41) is 6.60. The lowest BCUT2D eigenvalue weighted by atomic mass is 10.1. The van der Waals surface area contributed by atoms with Crippen LogP contribution in [0.5, 0.6) is 17.2 Å². The van der Waals surface area contributed by atoms with Crippen LogP contribution in [0.2, 0.25) is 0 Å². The predicted molar refractivity (Wildman–Crippen MR) is 120 cm³/mol. The van der Waals surface area contributed by atoms with Crippen molar-refractivity contribution in [3.05, 3.63) is 53.6 Å². The van der Waals surface area contributed by atoms with Gasteiger partial charge in [0.25, 0.3) is 0 Å². The monoisotopic (exact) mass is 415 g/mol. The quantitative estimate of drug-likeness (QED) is 0.332. The van der Waals surface area contributed by atoms with Crippen LogP contribution in [0.1, 0.15) is 30.6 Å². The van der Waals surface area contributed by atoms with Crippen molar-refractivity contribution in [1.29, 1.82) is 0 Å². The van der Waals surface area contributed by atoms with Gasteiger partial charge in [-0.1, -0.05) is 30.3 Å². The molecule has 0 aliphatic heterocycles. The van der Waals surface area contributed by atoms with Gasteiger partial charge in [0.2, 0.25) is 5.75 Å². The van der Waals surface area contributed by atoms with Gasteiger partial charge in [0.05, 0.1) is 27.4 Å². The fraction of sp³-hybridized carbons (Fsp3) is 0.435. The normalized spacial score (nSPS) is 12.2. The smallest absolute Gasteiger partial charge is 0.203 e. The molecule has 1 unspecified atom stereocenters. The average molecular weight is 416 g/mol. The fourth-order valence-electron chi connectivity index (χ4n) is 3.00. The third-order valence-electron chi connectivity index (χ3n) is 4.66. The van der Waals surface area contributed by atoms with Crippen LogP contribution in [0.25, 0.3) is 0 Å². The number of hydrogen-bond acceptors (Lipinski definition) is 5. The van der Waals surface area contributed by atoms with Crippen molar-refractivity contribution in [3.8, 4) is 17.2 Å². The first-order chi connectivity index (χ1) is 14.6. The molecular weight excluding hydrogens is 382 g/mol. The number of nitrogens with one attached hydrogen (secondary N) is 2. The molecule has 0 aliphatic carbocycles. The summed E-state index contributed by atoms with van der Waals surface area (Å²) in [6.45, 7) is 4.07. The minimum Gasteiger partial charge on any atom is -0.493 e. The molecule has 164 valence electrons. The van der Waals surface area contributed by atoms with E-state index in [0.717, 1.165) is 24.5 Å². The molecule has 0 saturated carbocycles. The zero-order valence-electron chi connectivity index (χ0n) is 18.5. The molecule has 7 nitrogen and oxygen atoms in total. The number of ether oxygens (including phenoxy) is 4. The van der Waals surface area contributed by atoms with Crippen LogP contribution in [0.15, 0.2) is 47.5 Å². The Kier molecular flexibility index (Phi) is 9.80. The lowest BCUT2D eigenvalue weighted by Crippen LogP contribution is -2.37. The van der Waals surface area contributed by atoms with Crippen molar-refractivity contribution >= 4 is 5.96 Å². The Morgan fingerprint density at radius 2 is 1.63 bits per heavy atom. The van der Waals surface area contributed by atoms with Crippen LogP contribution >= 0.6 is 0 Å². The van der Waals surface area contributed by atoms with Crippen molar-refractivity contribution in [2.75, 3.05) is 41.5 Å². The highest BCUT2D eigenvalue weighted by Gasteiger charge is 2.13.